The van der Waals surface area contributed by atoms with Gasteiger partial charge < -0.3 is 15.5 Å². The second-order valence-electron chi connectivity index (χ2n) is 5.96. The molecule has 3 N–H and O–H groups in total. The lowest BCUT2D eigenvalue weighted by molar-refractivity contribution is -0.144. The molecule has 21 heavy (non-hydrogen) atoms. The van der Waals surface area contributed by atoms with Gasteiger partial charge in [-0.25, -0.2) is 0 Å². The Labute approximate surface area is 130 Å². The van der Waals surface area contributed by atoms with Gasteiger partial charge in [0.15, 0.2) is 0 Å². The quantitative estimate of drug-likeness (QED) is 0.782. The lowest BCUT2D eigenvalue weighted by atomic mass is 9.78. The van der Waals surface area contributed by atoms with Gasteiger partial charge in [0.25, 0.3) is 0 Å². The third-order valence-corrected chi connectivity index (χ3v) is 4.72. The second kappa shape index (κ2) is 6.77. The molecule has 5 heteroatoms. The zero-order valence-electron chi connectivity index (χ0n) is 12.2. The van der Waals surface area contributed by atoms with Crippen LogP contribution in [0.5, 0.6) is 0 Å². The van der Waals surface area contributed by atoms with Crippen LogP contribution in [0.15, 0.2) is 24.3 Å². The van der Waals surface area contributed by atoms with Gasteiger partial charge >= 0.3 is 5.97 Å². The second-order valence-corrected chi connectivity index (χ2v) is 6.37. The van der Waals surface area contributed by atoms with Gasteiger partial charge in [0.1, 0.15) is 0 Å². The van der Waals surface area contributed by atoms with Crippen molar-refractivity contribution in [1.29, 1.82) is 0 Å². The van der Waals surface area contributed by atoms with E-state index in [0.29, 0.717) is 37.3 Å². The lowest BCUT2D eigenvalue weighted by Crippen LogP contribution is -2.45. The van der Waals surface area contributed by atoms with Gasteiger partial charge in [0.2, 0.25) is 0 Å². The number of halogens is 1. The van der Waals surface area contributed by atoms with Crippen LogP contribution < -0.4 is 5.32 Å². The Morgan fingerprint density at radius 2 is 2.05 bits per heavy atom. The summed E-state index contributed by atoms with van der Waals surface area (Å²) in [7, 11) is 0. The Balaban J connectivity index is 1.88. The molecule has 1 aromatic rings. The fraction of sp³-hybridized carbons (Fsp3) is 0.562. The van der Waals surface area contributed by atoms with Crippen molar-refractivity contribution in [3.05, 3.63) is 34.9 Å². The molecule has 0 amide bonds. The summed E-state index contributed by atoms with van der Waals surface area (Å²) < 4.78 is 0. The highest BCUT2D eigenvalue weighted by atomic mass is 35.5. The number of hydrogen-bond acceptors (Lipinski definition) is 3. The molecule has 1 fully saturated rings. The predicted octanol–water partition coefficient (Wildman–Crippen LogP) is 3.00. The van der Waals surface area contributed by atoms with Crippen molar-refractivity contribution in [3.8, 4) is 0 Å². The number of hydrogen-bond donors (Lipinski definition) is 3. The van der Waals surface area contributed by atoms with E-state index in [2.05, 4.69) is 5.32 Å². The van der Waals surface area contributed by atoms with E-state index in [1.807, 2.05) is 31.2 Å². The Morgan fingerprint density at radius 1 is 1.43 bits per heavy atom. The van der Waals surface area contributed by atoms with Crippen molar-refractivity contribution in [2.45, 2.75) is 44.2 Å². The first-order valence-electron chi connectivity index (χ1n) is 7.34. The number of carbonyl (C=O) groups is 1. The molecule has 1 saturated carbocycles. The summed E-state index contributed by atoms with van der Waals surface area (Å²) >= 11 is 6.16. The van der Waals surface area contributed by atoms with E-state index in [1.54, 1.807) is 0 Å². The first-order valence-corrected chi connectivity index (χ1v) is 7.72. The summed E-state index contributed by atoms with van der Waals surface area (Å²) in [5.41, 5.74) is 0.184. The molecule has 0 unspecified atom stereocenters. The van der Waals surface area contributed by atoms with Gasteiger partial charge in [-0.15, -0.1) is 0 Å². The average molecular weight is 312 g/mol. The molecule has 116 valence electrons. The van der Waals surface area contributed by atoms with Gasteiger partial charge in [-0.2, -0.15) is 0 Å². The molecular formula is C16H22ClNO3. The van der Waals surface area contributed by atoms with Gasteiger partial charge in [-0.05, 0) is 44.2 Å². The maximum absolute atomic E-state index is 10.9. The summed E-state index contributed by atoms with van der Waals surface area (Å²) in [6.45, 7) is 2.46. The van der Waals surface area contributed by atoms with E-state index in [1.165, 1.54) is 0 Å². The van der Waals surface area contributed by atoms with Crippen molar-refractivity contribution in [2.75, 3.05) is 6.54 Å². The van der Waals surface area contributed by atoms with Crippen LogP contribution in [-0.4, -0.2) is 28.3 Å². The third kappa shape index (κ3) is 4.19. The van der Waals surface area contributed by atoms with Crippen molar-refractivity contribution in [3.63, 3.8) is 0 Å². The summed E-state index contributed by atoms with van der Waals surface area (Å²) in [5.74, 6) is -1.07. The summed E-state index contributed by atoms with van der Waals surface area (Å²) in [5, 5.41) is 23.6. The van der Waals surface area contributed by atoms with Crippen LogP contribution >= 0.6 is 11.6 Å². The minimum Gasteiger partial charge on any atom is -0.481 e. The van der Waals surface area contributed by atoms with E-state index in [-0.39, 0.29) is 12.0 Å². The van der Waals surface area contributed by atoms with Crippen molar-refractivity contribution in [2.24, 2.45) is 5.92 Å². The van der Waals surface area contributed by atoms with Gasteiger partial charge in [0, 0.05) is 17.6 Å². The molecule has 1 atom stereocenters. The highest BCUT2D eigenvalue weighted by molar-refractivity contribution is 6.31. The molecule has 4 nitrogen and oxygen atoms in total. The number of nitrogens with one attached hydrogen (secondary N) is 1. The lowest BCUT2D eigenvalue weighted by Gasteiger charge is -2.35. The van der Waals surface area contributed by atoms with Crippen LogP contribution in [0, 0.1) is 5.92 Å². The monoisotopic (exact) mass is 311 g/mol. The first kappa shape index (κ1) is 16.3. The minimum absolute atomic E-state index is 0.0416. The standard InChI is InChI=1S/C16H22ClNO3/c1-11(13-4-2-3-5-14(13)17)18-10-16(21)8-6-12(7-9-16)15(19)20/h2-5,11-12,18,21H,6-10H2,1H3,(H,19,20)/t11-,12?,16?/m1/s1. The van der Waals surface area contributed by atoms with E-state index in [0.717, 1.165) is 5.56 Å². The molecule has 0 aliphatic heterocycles. The fourth-order valence-electron chi connectivity index (χ4n) is 2.86. The molecule has 1 aromatic carbocycles. The third-order valence-electron chi connectivity index (χ3n) is 4.37. The molecule has 1 aliphatic rings. The van der Waals surface area contributed by atoms with Crippen LogP contribution in [0.1, 0.15) is 44.2 Å². The average Bonchev–Trinajstić information content (AvgIpc) is 2.46. The van der Waals surface area contributed by atoms with E-state index in [9.17, 15) is 9.90 Å². The highest BCUT2D eigenvalue weighted by Gasteiger charge is 2.35. The summed E-state index contributed by atoms with van der Waals surface area (Å²) in [6, 6.07) is 7.68. The van der Waals surface area contributed by atoms with Crippen LogP contribution in [0.25, 0.3) is 0 Å². The summed E-state index contributed by atoms with van der Waals surface area (Å²) in [6.07, 6.45) is 2.11. The van der Waals surface area contributed by atoms with Crippen molar-refractivity contribution < 1.29 is 15.0 Å². The van der Waals surface area contributed by atoms with E-state index >= 15 is 0 Å². The molecule has 0 bridgehead atoms. The van der Waals surface area contributed by atoms with Gasteiger partial charge in [-0.3, -0.25) is 4.79 Å². The van der Waals surface area contributed by atoms with Gasteiger partial charge in [0.05, 0.1) is 11.5 Å². The minimum atomic E-state index is -0.818. The SMILES string of the molecule is C[C@@H](NCC1(O)CCC(C(=O)O)CC1)c1ccccc1Cl. The molecule has 0 heterocycles. The highest BCUT2D eigenvalue weighted by Crippen LogP contribution is 2.32. The number of carboxylic acid groups (broad SMARTS) is 1. The van der Waals surface area contributed by atoms with Crippen LogP contribution in [0.3, 0.4) is 0 Å². The molecular weight excluding hydrogens is 290 g/mol. The fourth-order valence-corrected chi connectivity index (χ4v) is 3.16. The maximum atomic E-state index is 10.9. The number of carboxylic acids is 1. The zero-order chi connectivity index (χ0) is 15.5. The Bertz CT molecular complexity index is 498. The molecule has 0 aromatic heterocycles. The van der Waals surface area contributed by atoms with Crippen LogP contribution in [-0.2, 0) is 4.79 Å². The molecule has 0 saturated heterocycles. The number of rotatable bonds is 5. The van der Waals surface area contributed by atoms with Crippen LogP contribution in [0.4, 0.5) is 0 Å². The van der Waals surface area contributed by atoms with E-state index in [4.69, 9.17) is 16.7 Å². The Kier molecular flexibility index (Phi) is 5.25. The number of aliphatic carboxylic acids is 1. The first-order chi connectivity index (χ1) is 9.91. The normalized spacial score (nSPS) is 27.3. The van der Waals surface area contributed by atoms with Gasteiger partial charge in [-0.1, -0.05) is 29.8 Å². The topological polar surface area (TPSA) is 69.6 Å². The summed E-state index contributed by atoms with van der Waals surface area (Å²) in [4.78, 5) is 10.9. The largest absolute Gasteiger partial charge is 0.481 e. The van der Waals surface area contributed by atoms with E-state index < -0.39 is 11.6 Å². The molecule has 2 rings (SSSR count). The van der Waals surface area contributed by atoms with Crippen molar-refractivity contribution in [1.82, 2.24) is 5.32 Å². The molecule has 0 radical (unpaired) electrons. The number of aliphatic hydroxyl groups is 1. The van der Waals surface area contributed by atoms with Crippen molar-refractivity contribution >= 4 is 17.6 Å². The Hall–Kier alpha value is -1.10. The smallest absolute Gasteiger partial charge is 0.306 e. The van der Waals surface area contributed by atoms with Crippen LogP contribution in [0.2, 0.25) is 5.02 Å². The molecule has 0 spiro atoms. The predicted molar refractivity (Wildman–Crippen MR) is 82.4 cm³/mol. The maximum Gasteiger partial charge on any atom is 0.306 e. The zero-order valence-corrected chi connectivity index (χ0v) is 12.9. The number of benzene rings is 1. The molecule has 1 aliphatic carbocycles. The Morgan fingerprint density at radius 3 is 2.62 bits per heavy atom.